The third-order valence-corrected chi connectivity index (χ3v) is 2.51. The lowest BCUT2D eigenvalue weighted by atomic mass is 10.1. The zero-order chi connectivity index (χ0) is 9.97. The van der Waals surface area contributed by atoms with Crippen LogP contribution in [-0.4, -0.2) is 5.16 Å². The molecule has 1 aromatic carbocycles. The van der Waals surface area contributed by atoms with Gasteiger partial charge in [0.25, 0.3) is 0 Å². The van der Waals surface area contributed by atoms with Gasteiger partial charge >= 0.3 is 0 Å². The molecular formula is C10H9BrN2O. The zero-order valence-electron chi connectivity index (χ0n) is 7.40. The van der Waals surface area contributed by atoms with Crippen molar-refractivity contribution in [3.8, 4) is 11.3 Å². The molecule has 0 fully saturated rings. The lowest BCUT2D eigenvalue weighted by Crippen LogP contribution is -1.96. The van der Waals surface area contributed by atoms with Crippen LogP contribution in [0.25, 0.3) is 11.3 Å². The highest BCUT2D eigenvalue weighted by Crippen LogP contribution is 2.23. The predicted molar refractivity (Wildman–Crippen MR) is 57.5 cm³/mol. The molecule has 0 bridgehead atoms. The smallest absolute Gasteiger partial charge is 0.128 e. The summed E-state index contributed by atoms with van der Waals surface area (Å²) in [6.45, 7) is 0.439. The first-order valence-electron chi connectivity index (χ1n) is 4.20. The Labute approximate surface area is 90.0 Å². The van der Waals surface area contributed by atoms with Crippen LogP contribution in [0.2, 0.25) is 0 Å². The second-order valence-electron chi connectivity index (χ2n) is 2.90. The number of nitrogens with two attached hydrogens (primary N) is 1. The molecule has 2 rings (SSSR count). The predicted octanol–water partition coefficient (Wildman–Crippen LogP) is 2.56. The van der Waals surface area contributed by atoms with E-state index in [1.165, 1.54) is 0 Å². The fourth-order valence-corrected chi connectivity index (χ4v) is 1.51. The summed E-state index contributed by atoms with van der Waals surface area (Å²) in [7, 11) is 0. The lowest BCUT2D eigenvalue weighted by Gasteiger charge is -1.98. The molecule has 14 heavy (non-hydrogen) atoms. The zero-order valence-corrected chi connectivity index (χ0v) is 8.99. The van der Waals surface area contributed by atoms with E-state index >= 15 is 0 Å². The molecule has 2 N–H and O–H groups in total. The molecule has 0 atom stereocenters. The van der Waals surface area contributed by atoms with Crippen molar-refractivity contribution in [2.45, 2.75) is 6.54 Å². The summed E-state index contributed by atoms with van der Waals surface area (Å²) in [5.41, 5.74) is 8.31. The molecule has 0 unspecified atom stereocenters. The first-order chi connectivity index (χ1) is 6.81. The van der Waals surface area contributed by atoms with Gasteiger partial charge in [-0.3, -0.25) is 0 Å². The number of nitrogens with zero attached hydrogens (tertiary/aromatic N) is 1. The summed E-state index contributed by atoms with van der Waals surface area (Å²) < 4.78 is 5.92. The lowest BCUT2D eigenvalue weighted by molar-refractivity contribution is 0.421. The minimum absolute atomic E-state index is 0.439. The normalized spacial score (nSPS) is 10.4. The molecule has 0 amide bonds. The summed E-state index contributed by atoms with van der Waals surface area (Å²) >= 11 is 3.38. The average Bonchev–Trinajstić information content (AvgIpc) is 2.67. The van der Waals surface area contributed by atoms with Crippen LogP contribution in [0.3, 0.4) is 0 Å². The van der Waals surface area contributed by atoms with Crippen LogP contribution in [-0.2, 0) is 6.54 Å². The third-order valence-electron chi connectivity index (χ3n) is 1.98. The number of hydrogen-bond acceptors (Lipinski definition) is 3. The van der Waals surface area contributed by atoms with Crippen molar-refractivity contribution in [3.63, 3.8) is 0 Å². The summed E-state index contributed by atoms with van der Waals surface area (Å²) in [6, 6.07) is 7.87. The summed E-state index contributed by atoms with van der Waals surface area (Å²) in [4.78, 5) is 0. The van der Waals surface area contributed by atoms with E-state index in [1.807, 2.05) is 24.3 Å². The third kappa shape index (κ3) is 1.71. The Kier molecular flexibility index (Phi) is 2.65. The quantitative estimate of drug-likeness (QED) is 0.894. The molecule has 0 spiro atoms. The second kappa shape index (κ2) is 3.94. The van der Waals surface area contributed by atoms with E-state index < -0.39 is 0 Å². The topological polar surface area (TPSA) is 52.0 Å². The van der Waals surface area contributed by atoms with Crippen molar-refractivity contribution in [1.29, 1.82) is 0 Å². The van der Waals surface area contributed by atoms with Crippen LogP contribution in [0.4, 0.5) is 0 Å². The molecule has 0 aliphatic rings. The van der Waals surface area contributed by atoms with Gasteiger partial charge < -0.3 is 10.3 Å². The fraction of sp³-hybridized carbons (Fsp3) is 0.100. The van der Waals surface area contributed by atoms with Crippen LogP contribution < -0.4 is 5.73 Å². The van der Waals surface area contributed by atoms with Gasteiger partial charge in [0.2, 0.25) is 0 Å². The van der Waals surface area contributed by atoms with Gasteiger partial charge in [0, 0.05) is 22.1 Å². The molecule has 1 heterocycles. The molecular weight excluding hydrogens is 244 g/mol. The number of halogens is 1. The Balaban J connectivity index is 2.44. The van der Waals surface area contributed by atoms with Gasteiger partial charge in [-0.2, -0.15) is 0 Å². The second-order valence-corrected chi connectivity index (χ2v) is 3.82. The van der Waals surface area contributed by atoms with Gasteiger partial charge in [0.05, 0.1) is 0 Å². The molecule has 0 saturated heterocycles. The minimum atomic E-state index is 0.439. The standard InChI is InChI=1S/C10H9BrN2O/c11-9-3-1-7(2-4-9)10-8(5-12)6-14-13-10/h1-4,6H,5,12H2. The molecule has 1 aromatic heterocycles. The number of hydrogen-bond donors (Lipinski definition) is 1. The van der Waals surface area contributed by atoms with E-state index in [4.69, 9.17) is 10.3 Å². The summed E-state index contributed by atoms with van der Waals surface area (Å²) in [5.74, 6) is 0. The van der Waals surface area contributed by atoms with Crippen LogP contribution in [0.15, 0.2) is 39.5 Å². The van der Waals surface area contributed by atoms with E-state index in [2.05, 4.69) is 21.1 Å². The van der Waals surface area contributed by atoms with E-state index in [1.54, 1.807) is 6.26 Å². The van der Waals surface area contributed by atoms with E-state index in [-0.39, 0.29) is 0 Å². The monoisotopic (exact) mass is 252 g/mol. The maximum absolute atomic E-state index is 5.55. The van der Waals surface area contributed by atoms with Gasteiger partial charge in [-0.1, -0.05) is 33.2 Å². The maximum Gasteiger partial charge on any atom is 0.128 e. The van der Waals surface area contributed by atoms with Gasteiger partial charge in [-0.15, -0.1) is 0 Å². The molecule has 0 radical (unpaired) electrons. The van der Waals surface area contributed by atoms with Gasteiger partial charge in [-0.05, 0) is 12.1 Å². The Morgan fingerprint density at radius 3 is 2.64 bits per heavy atom. The molecule has 3 nitrogen and oxygen atoms in total. The highest BCUT2D eigenvalue weighted by Gasteiger charge is 2.07. The SMILES string of the molecule is NCc1conc1-c1ccc(Br)cc1. The van der Waals surface area contributed by atoms with Crippen LogP contribution in [0.1, 0.15) is 5.56 Å². The van der Waals surface area contributed by atoms with Crippen molar-refractivity contribution < 1.29 is 4.52 Å². The van der Waals surface area contributed by atoms with Crippen LogP contribution in [0, 0.1) is 0 Å². The molecule has 4 heteroatoms. The maximum atomic E-state index is 5.55. The Morgan fingerprint density at radius 2 is 2.00 bits per heavy atom. The Bertz CT molecular complexity index is 422. The molecule has 2 aromatic rings. The summed E-state index contributed by atoms with van der Waals surface area (Å²) in [6.07, 6.45) is 1.58. The van der Waals surface area contributed by atoms with Crippen molar-refractivity contribution in [2.75, 3.05) is 0 Å². The largest absolute Gasteiger partial charge is 0.364 e. The first-order valence-corrected chi connectivity index (χ1v) is 5.00. The van der Waals surface area contributed by atoms with E-state index in [0.29, 0.717) is 6.54 Å². The average molecular weight is 253 g/mol. The van der Waals surface area contributed by atoms with Crippen molar-refractivity contribution in [3.05, 3.63) is 40.6 Å². The van der Waals surface area contributed by atoms with Crippen LogP contribution in [0.5, 0.6) is 0 Å². The number of rotatable bonds is 2. The molecule has 0 saturated carbocycles. The number of aromatic nitrogens is 1. The fourth-order valence-electron chi connectivity index (χ4n) is 1.25. The highest BCUT2D eigenvalue weighted by molar-refractivity contribution is 9.10. The van der Waals surface area contributed by atoms with E-state index in [0.717, 1.165) is 21.3 Å². The van der Waals surface area contributed by atoms with Crippen molar-refractivity contribution in [1.82, 2.24) is 5.16 Å². The van der Waals surface area contributed by atoms with Gasteiger partial charge in [0.1, 0.15) is 12.0 Å². The minimum Gasteiger partial charge on any atom is -0.364 e. The first kappa shape index (κ1) is 9.43. The Hall–Kier alpha value is -1.13. The van der Waals surface area contributed by atoms with Crippen molar-refractivity contribution in [2.24, 2.45) is 5.73 Å². The molecule has 0 aliphatic heterocycles. The van der Waals surface area contributed by atoms with Gasteiger partial charge in [0.15, 0.2) is 0 Å². The van der Waals surface area contributed by atoms with E-state index in [9.17, 15) is 0 Å². The number of benzene rings is 1. The highest BCUT2D eigenvalue weighted by atomic mass is 79.9. The van der Waals surface area contributed by atoms with Crippen molar-refractivity contribution >= 4 is 15.9 Å². The molecule has 72 valence electrons. The molecule has 0 aliphatic carbocycles. The Morgan fingerprint density at radius 1 is 1.29 bits per heavy atom. The van der Waals surface area contributed by atoms with Crippen LogP contribution >= 0.6 is 15.9 Å². The van der Waals surface area contributed by atoms with Gasteiger partial charge in [-0.25, -0.2) is 0 Å². The summed E-state index contributed by atoms with van der Waals surface area (Å²) in [5, 5.41) is 3.92.